The molecular weight excluding hydrogens is 294 g/mol. The Kier molecular flexibility index (Phi) is 5.22. The summed E-state index contributed by atoms with van der Waals surface area (Å²) in [6.45, 7) is 0.579. The van der Waals surface area contributed by atoms with E-state index in [4.69, 9.17) is 11.6 Å². The molecular formula is C14H20ClN3O3. The minimum atomic E-state index is -0.499. The van der Waals surface area contributed by atoms with Crippen molar-refractivity contribution in [2.45, 2.75) is 25.7 Å². The molecule has 0 spiro atoms. The molecule has 1 saturated carbocycles. The molecule has 7 heteroatoms. The first kappa shape index (κ1) is 15.8. The first-order chi connectivity index (χ1) is 10.0. The second kappa shape index (κ2) is 6.93. The summed E-state index contributed by atoms with van der Waals surface area (Å²) in [5.41, 5.74) is 0.305. The first-order valence-corrected chi connectivity index (χ1v) is 7.72. The van der Waals surface area contributed by atoms with E-state index in [-0.39, 0.29) is 11.7 Å². The molecule has 21 heavy (non-hydrogen) atoms. The van der Waals surface area contributed by atoms with Gasteiger partial charge in [0.15, 0.2) is 5.69 Å². The normalized spacial score (nSPS) is 22.0. The van der Waals surface area contributed by atoms with Crippen molar-refractivity contribution < 1.29 is 9.72 Å². The Balaban J connectivity index is 1.97. The van der Waals surface area contributed by atoms with Crippen LogP contribution >= 0.6 is 11.6 Å². The smallest absolute Gasteiger partial charge is 0.323 e. The van der Waals surface area contributed by atoms with Crippen molar-refractivity contribution in [3.05, 3.63) is 27.9 Å². The van der Waals surface area contributed by atoms with Crippen LogP contribution in [0, 0.1) is 22.0 Å². The second-order valence-electron chi connectivity index (χ2n) is 5.56. The third-order valence-electron chi connectivity index (χ3n) is 4.30. The highest BCUT2D eigenvalue weighted by atomic mass is 35.5. The van der Waals surface area contributed by atoms with Gasteiger partial charge in [0.2, 0.25) is 0 Å². The number of hydrogen-bond acceptors (Lipinski definition) is 3. The number of rotatable bonds is 5. The number of aromatic nitrogens is 1. The van der Waals surface area contributed by atoms with Crippen molar-refractivity contribution in [1.82, 2.24) is 9.88 Å². The largest absolute Gasteiger partial charge is 0.358 e. The van der Waals surface area contributed by atoms with Crippen LogP contribution in [0.5, 0.6) is 0 Å². The van der Waals surface area contributed by atoms with Gasteiger partial charge in [-0.3, -0.25) is 4.79 Å². The Morgan fingerprint density at radius 3 is 2.67 bits per heavy atom. The molecule has 1 aromatic heterocycles. The maximum absolute atomic E-state index is 12.2. The van der Waals surface area contributed by atoms with E-state index in [2.05, 4.69) is 5.32 Å². The third kappa shape index (κ3) is 3.56. The number of nitrogens with zero attached hydrogens (tertiary/aromatic N) is 2. The van der Waals surface area contributed by atoms with Crippen LogP contribution in [0.15, 0.2) is 12.1 Å². The van der Waals surface area contributed by atoms with Crippen molar-refractivity contribution in [2.75, 3.05) is 12.4 Å². The summed E-state index contributed by atoms with van der Waals surface area (Å²) in [6, 6.07) is 2.82. The predicted octanol–water partition coefficient (Wildman–Crippen LogP) is 2.71. The lowest BCUT2D eigenvalue weighted by Gasteiger charge is -2.30. The Bertz CT molecular complexity index is 530. The van der Waals surface area contributed by atoms with E-state index in [0.717, 1.165) is 12.8 Å². The molecule has 1 amide bonds. The van der Waals surface area contributed by atoms with E-state index in [9.17, 15) is 14.9 Å². The van der Waals surface area contributed by atoms with Gasteiger partial charge in [-0.2, -0.15) is 0 Å². The molecule has 2 unspecified atom stereocenters. The fourth-order valence-corrected chi connectivity index (χ4v) is 3.39. The number of carbonyl (C=O) groups is 1. The Morgan fingerprint density at radius 1 is 1.43 bits per heavy atom. The van der Waals surface area contributed by atoms with Crippen LogP contribution in [-0.4, -0.2) is 27.8 Å². The molecule has 1 fully saturated rings. The van der Waals surface area contributed by atoms with Gasteiger partial charge >= 0.3 is 5.82 Å². The molecule has 1 aromatic rings. The number of nitrogens with one attached hydrogen (secondary N) is 1. The number of carbonyl (C=O) groups excluding carboxylic acids is 1. The average Bonchev–Trinajstić information content (AvgIpc) is 2.87. The lowest BCUT2D eigenvalue weighted by Crippen LogP contribution is -2.35. The molecule has 0 bridgehead atoms. The molecule has 1 aliphatic rings. The number of alkyl halides is 1. The van der Waals surface area contributed by atoms with Crippen LogP contribution in [0.3, 0.4) is 0 Å². The van der Waals surface area contributed by atoms with Crippen LogP contribution < -0.4 is 5.32 Å². The van der Waals surface area contributed by atoms with Gasteiger partial charge in [0.05, 0.1) is 7.05 Å². The van der Waals surface area contributed by atoms with Crippen molar-refractivity contribution in [2.24, 2.45) is 18.9 Å². The quantitative estimate of drug-likeness (QED) is 0.516. The van der Waals surface area contributed by atoms with Gasteiger partial charge in [-0.15, -0.1) is 11.6 Å². The summed E-state index contributed by atoms with van der Waals surface area (Å²) < 4.78 is 1.30. The topological polar surface area (TPSA) is 77.2 Å². The number of halogens is 1. The maximum Gasteiger partial charge on any atom is 0.323 e. The molecule has 0 aromatic carbocycles. The summed E-state index contributed by atoms with van der Waals surface area (Å²) in [7, 11) is 1.52. The third-order valence-corrected chi connectivity index (χ3v) is 4.70. The Labute approximate surface area is 128 Å². The number of hydrogen-bond donors (Lipinski definition) is 1. The lowest BCUT2D eigenvalue weighted by molar-refractivity contribution is -0.391. The van der Waals surface area contributed by atoms with Gasteiger partial charge in [0.25, 0.3) is 5.91 Å². The van der Waals surface area contributed by atoms with Crippen LogP contribution in [0.4, 0.5) is 5.82 Å². The molecule has 116 valence electrons. The summed E-state index contributed by atoms with van der Waals surface area (Å²) >= 11 is 5.98. The molecule has 2 rings (SSSR count). The van der Waals surface area contributed by atoms with E-state index in [1.54, 1.807) is 0 Å². The van der Waals surface area contributed by atoms with Crippen LogP contribution in [0.25, 0.3) is 0 Å². The van der Waals surface area contributed by atoms with Crippen LogP contribution in [-0.2, 0) is 7.05 Å². The van der Waals surface area contributed by atoms with Gasteiger partial charge in [-0.1, -0.05) is 12.8 Å². The number of amides is 1. The summed E-state index contributed by atoms with van der Waals surface area (Å²) in [6.07, 6.45) is 4.56. The summed E-state index contributed by atoms with van der Waals surface area (Å²) in [5.74, 6) is 1.11. The Hall–Kier alpha value is -1.56. The molecule has 1 heterocycles. The SMILES string of the molecule is Cn1c(C(=O)NCC2CCCCC2CCl)ccc1[N+](=O)[O-]. The van der Waals surface area contributed by atoms with Gasteiger partial charge < -0.3 is 15.4 Å². The molecule has 0 radical (unpaired) electrons. The molecule has 0 aliphatic heterocycles. The Morgan fingerprint density at radius 2 is 2.10 bits per heavy atom. The van der Waals surface area contributed by atoms with Gasteiger partial charge in [-0.25, -0.2) is 4.57 Å². The van der Waals surface area contributed by atoms with Crippen molar-refractivity contribution >= 4 is 23.3 Å². The van der Waals surface area contributed by atoms with Crippen molar-refractivity contribution in [1.29, 1.82) is 0 Å². The van der Waals surface area contributed by atoms with Crippen molar-refractivity contribution in [3.63, 3.8) is 0 Å². The minimum absolute atomic E-state index is 0.0866. The van der Waals surface area contributed by atoms with Crippen LogP contribution in [0.2, 0.25) is 0 Å². The van der Waals surface area contributed by atoms with Gasteiger partial charge in [-0.05, 0) is 35.7 Å². The van der Waals surface area contributed by atoms with E-state index >= 15 is 0 Å². The summed E-state index contributed by atoms with van der Waals surface area (Å²) in [4.78, 5) is 22.4. The standard InChI is InChI=1S/C14H20ClN3O3/c1-17-12(6-7-13(17)18(20)21)14(19)16-9-11-5-3-2-4-10(11)8-15/h6-7,10-11H,2-5,8-9H2,1H3,(H,16,19). The van der Waals surface area contributed by atoms with Crippen molar-refractivity contribution in [3.8, 4) is 0 Å². The van der Waals surface area contributed by atoms with E-state index < -0.39 is 4.92 Å². The number of nitro groups is 1. The van der Waals surface area contributed by atoms with Gasteiger partial charge in [0.1, 0.15) is 0 Å². The predicted molar refractivity (Wildman–Crippen MR) is 80.6 cm³/mol. The van der Waals surface area contributed by atoms with Gasteiger partial charge in [0, 0.05) is 18.5 Å². The van der Waals surface area contributed by atoms with E-state index in [1.165, 1.54) is 36.6 Å². The molecule has 0 saturated heterocycles. The monoisotopic (exact) mass is 313 g/mol. The molecule has 2 atom stereocenters. The molecule has 1 aliphatic carbocycles. The average molecular weight is 314 g/mol. The highest BCUT2D eigenvalue weighted by molar-refractivity contribution is 6.18. The fourth-order valence-electron chi connectivity index (χ4n) is 2.98. The highest BCUT2D eigenvalue weighted by Gasteiger charge is 2.26. The zero-order valence-corrected chi connectivity index (χ0v) is 12.8. The second-order valence-corrected chi connectivity index (χ2v) is 5.87. The maximum atomic E-state index is 12.2. The highest BCUT2D eigenvalue weighted by Crippen LogP contribution is 2.30. The summed E-state index contributed by atoms with van der Waals surface area (Å²) in [5, 5.41) is 13.7. The first-order valence-electron chi connectivity index (χ1n) is 7.19. The van der Waals surface area contributed by atoms with Crippen LogP contribution in [0.1, 0.15) is 36.2 Å². The zero-order chi connectivity index (χ0) is 15.4. The molecule has 1 N–H and O–H groups in total. The fraction of sp³-hybridized carbons (Fsp3) is 0.643. The van der Waals surface area contributed by atoms with E-state index in [1.807, 2.05) is 0 Å². The van der Waals surface area contributed by atoms with E-state index in [0.29, 0.717) is 30.0 Å². The minimum Gasteiger partial charge on any atom is -0.358 e. The lowest BCUT2D eigenvalue weighted by atomic mass is 9.80. The zero-order valence-electron chi connectivity index (χ0n) is 12.0. The molecule has 6 nitrogen and oxygen atoms in total.